The van der Waals surface area contributed by atoms with Crippen LogP contribution in [0.3, 0.4) is 0 Å². The number of rotatable bonds is 8. The lowest BCUT2D eigenvalue weighted by Gasteiger charge is -2.19. The molecule has 2 rings (SSSR count). The van der Waals surface area contributed by atoms with Crippen LogP contribution in [0.2, 0.25) is 0 Å². The summed E-state index contributed by atoms with van der Waals surface area (Å²) in [4.78, 5) is 11.5. The Balaban J connectivity index is 0.00000392. The van der Waals surface area contributed by atoms with E-state index in [2.05, 4.69) is 65.4 Å². The summed E-state index contributed by atoms with van der Waals surface area (Å²) in [6.45, 7) is 14.5. The number of aryl methyl sites for hydroxylation is 2. The summed E-state index contributed by atoms with van der Waals surface area (Å²) < 4.78 is 1.92. The number of hydrogen-bond donors (Lipinski definition) is 2. The van der Waals surface area contributed by atoms with E-state index in [9.17, 15) is 0 Å². The van der Waals surface area contributed by atoms with Crippen molar-refractivity contribution >= 4 is 35.8 Å². The maximum Gasteiger partial charge on any atom is 0.191 e. The zero-order valence-corrected chi connectivity index (χ0v) is 20.2. The van der Waals surface area contributed by atoms with Crippen molar-refractivity contribution < 1.29 is 0 Å². The molecule has 7 nitrogen and oxygen atoms in total. The van der Waals surface area contributed by atoms with Crippen molar-refractivity contribution in [1.29, 1.82) is 0 Å². The third kappa shape index (κ3) is 6.35. The number of anilines is 1. The van der Waals surface area contributed by atoms with Gasteiger partial charge in [0.1, 0.15) is 5.82 Å². The van der Waals surface area contributed by atoms with Gasteiger partial charge in [-0.15, -0.1) is 24.0 Å². The van der Waals surface area contributed by atoms with Gasteiger partial charge >= 0.3 is 0 Å². The zero-order chi connectivity index (χ0) is 19.8. The third-order valence-corrected chi connectivity index (χ3v) is 4.75. The lowest BCUT2D eigenvalue weighted by molar-refractivity contribution is 0.728. The van der Waals surface area contributed by atoms with Crippen molar-refractivity contribution in [2.75, 3.05) is 24.5 Å². The summed E-state index contributed by atoms with van der Waals surface area (Å²) in [5.41, 5.74) is 4.53. The molecule has 8 heteroatoms. The molecule has 0 radical (unpaired) electrons. The van der Waals surface area contributed by atoms with E-state index in [1.165, 1.54) is 11.3 Å². The van der Waals surface area contributed by atoms with Gasteiger partial charge in [-0.3, -0.25) is 4.68 Å². The van der Waals surface area contributed by atoms with Crippen LogP contribution in [0.15, 0.2) is 23.3 Å². The Bertz CT molecular complexity index is 749. The molecule has 0 atom stereocenters. The molecule has 2 aromatic heterocycles. The molecule has 0 aliphatic carbocycles. The Morgan fingerprint density at radius 2 is 1.86 bits per heavy atom. The van der Waals surface area contributed by atoms with Crippen LogP contribution < -0.4 is 15.5 Å². The lowest BCUT2D eigenvalue weighted by Crippen LogP contribution is -2.37. The van der Waals surface area contributed by atoms with E-state index < -0.39 is 0 Å². The summed E-state index contributed by atoms with van der Waals surface area (Å²) >= 11 is 0. The predicted octanol–water partition coefficient (Wildman–Crippen LogP) is 3.15. The molecule has 2 N–H and O–H groups in total. The number of nitrogens with zero attached hydrogens (tertiary/aromatic N) is 5. The number of aromatic nitrogens is 3. The minimum Gasteiger partial charge on any atom is -0.357 e. The number of halogens is 1. The number of pyridine rings is 1. The Morgan fingerprint density at radius 3 is 2.36 bits per heavy atom. The van der Waals surface area contributed by atoms with Crippen LogP contribution in [-0.2, 0) is 20.1 Å². The second kappa shape index (κ2) is 11.9. The van der Waals surface area contributed by atoms with E-state index in [1.807, 2.05) is 24.9 Å². The predicted molar refractivity (Wildman–Crippen MR) is 128 cm³/mol. The average molecular weight is 499 g/mol. The maximum atomic E-state index is 4.69. The highest BCUT2D eigenvalue weighted by atomic mass is 127. The summed E-state index contributed by atoms with van der Waals surface area (Å²) in [6.07, 6.45) is 1.91. The molecular formula is C20H34IN7. The first kappa shape index (κ1) is 24.2. The number of aliphatic imine (C=N–C) groups is 1. The molecule has 0 saturated carbocycles. The highest BCUT2D eigenvalue weighted by Gasteiger charge is 2.10. The summed E-state index contributed by atoms with van der Waals surface area (Å²) in [5.74, 6) is 1.81. The van der Waals surface area contributed by atoms with Gasteiger partial charge in [-0.2, -0.15) is 5.10 Å². The Labute approximate surface area is 186 Å². The second-order valence-corrected chi connectivity index (χ2v) is 6.52. The highest BCUT2D eigenvalue weighted by Crippen LogP contribution is 2.12. The molecule has 0 amide bonds. The lowest BCUT2D eigenvalue weighted by atomic mass is 10.2. The summed E-state index contributed by atoms with van der Waals surface area (Å²) in [5, 5.41) is 11.2. The van der Waals surface area contributed by atoms with E-state index in [0.717, 1.165) is 42.7 Å². The molecule has 28 heavy (non-hydrogen) atoms. The van der Waals surface area contributed by atoms with Crippen molar-refractivity contribution in [1.82, 2.24) is 25.4 Å². The van der Waals surface area contributed by atoms with Gasteiger partial charge in [0.2, 0.25) is 0 Å². The van der Waals surface area contributed by atoms with Gasteiger partial charge in [0.15, 0.2) is 5.96 Å². The molecule has 0 aliphatic rings. The monoisotopic (exact) mass is 499 g/mol. The average Bonchev–Trinajstić information content (AvgIpc) is 2.91. The molecule has 0 aromatic carbocycles. The van der Waals surface area contributed by atoms with Gasteiger partial charge in [0, 0.05) is 50.7 Å². The van der Waals surface area contributed by atoms with Crippen LogP contribution in [-0.4, -0.2) is 40.4 Å². The fourth-order valence-corrected chi connectivity index (χ4v) is 3.00. The van der Waals surface area contributed by atoms with Crippen LogP contribution in [0, 0.1) is 13.8 Å². The van der Waals surface area contributed by atoms with E-state index in [0.29, 0.717) is 13.1 Å². The topological polar surface area (TPSA) is 70.4 Å². The van der Waals surface area contributed by atoms with Crippen molar-refractivity contribution in [3.63, 3.8) is 0 Å². The van der Waals surface area contributed by atoms with Gasteiger partial charge in [0.25, 0.3) is 0 Å². The molecule has 0 unspecified atom stereocenters. The first-order chi connectivity index (χ1) is 13.0. The highest BCUT2D eigenvalue weighted by molar-refractivity contribution is 14.0. The first-order valence-electron chi connectivity index (χ1n) is 9.71. The van der Waals surface area contributed by atoms with Gasteiger partial charge in [-0.05, 0) is 46.2 Å². The largest absolute Gasteiger partial charge is 0.357 e. The van der Waals surface area contributed by atoms with Crippen molar-refractivity contribution in [2.24, 2.45) is 12.0 Å². The molecule has 2 aromatic rings. The molecule has 156 valence electrons. The number of guanidine groups is 1. The van der Waals surface area contributed by atoms with Gasteiger partial charge in [-0.25, -0.2) is 9.98 Å². The standard InChI is InChI=1S/C20H33N7.HI/c1-7-21-20(24-14-18-15(4)25-26(6)16(18)5)23-13-17-10-11-19(22-12-17)27(8-2)9-3;/h10-12H,7-9,13-14H2,1-6H3,(H2,21,23,24);1H. The van der Waals surface area contributed by atoms with Crippen molar-refractivity contribution in [2.45, 2.75) is 47.7 Å². The zero-order valence-electron chi connectivity index (χ0n) is 17.9. The molecular weight excluding hydrogens is 465 g/mol. The van der Waals surface area contributed by atoms with E-state index >= 15 is 0 Å². The van der Waals surface area contributed by atoms with Crippen LogP contribution >= 0.6 is 24.0 Å². The van der Waals surface area contributed by atoms with Gasteiger partial charge in [-0.1, -0.05) is 6.07 Å². The minimum atomic E-state index is 0. The SMILES string of the molecule is CCNC(=NCc1ccc(N(CC)CC)nc1)NCc1c(C)nn(C)c1C.I. The molecule has 0 bridgehead atoms. The van der Waals surface area contributed by atoms with E-state index in [1.54, 1.807) is 0 Å². The summed E-state index contributed by atoms with van der Waals surface area (Å²) in [6, 6.07) is 4.17. The fourth-order valence-electron chi connectivity index (χ4n) is 3.00. The maximum absolute atomic E-state index is 4.69. The summed E-state index contributed by atoms with van der Waals surface area (Å²) in [7, 11) is 1.97. The smallest absolute Gasteiger partial charge is 0.191 e. The number of hydrogen-bond acceptors (Lipinski definition) is 4. The van der Waals surface area contributed by atoms with Crippen LogP contribution in [0.4, 0.5) is 5.82 Å². The Morgan fingerprint density at radius 1 is 1.14 bits per heavy atom. The minimum absolute atomic E-state index is 0. The molecule has 0 spiro atoms. The van der Waals surface area contributed by atoms with Gasteiger partial charge < -0.3 is 15.5 Å². The fraction of sp³-hybridized carbons (Fsp3) is 0.550. The number of nitrogens with one attached hydrogen (secondary N) is 2. The van der Waals surface area contributed by atoms with Gasteiger partial charge in [0.05, 0.1) is 12.2 Å². The molecule has 0 fully saturated rings. The van der Waals surface area contributed by atoms with Crippen LogP contribution in [0.5, 0.6) is 0 Å². The Hall–Kier alpha value is -1.84. The van der Waals surface area contributed by atoms with E-state index in [-0.39, 0.29) is 24.0 Å². The Kier molecular flexibility index (Phi) is 10.3. The van der Waals surface area contributed by atoms with E-state index in [4.69, 9.17) is 4.99 Å². The van der Waals surface area contributed by atoms with Crippen LogP contribution in [0.25, 0.3) is 0 Å². The third-order valence-electron chi connectivity index (χ3n) is 4.75. The first-order valence-corrected chi connectivity index (χ1v) is 9.71. The quantitative estimate of drug-likeness (QED) is 0.332. The molecule has 2 heterocycles. The normalized spacial score (nSPS) is 11.1. The molecule has 0 aliphatic heterocycles. The van der Waals surface area contributed by atoms with Crippen LogP contribution in [0.1, 0.15) is 43.3 Å². The second-order valence-electron chi connectivity index (χ2n) is 6.52. The van der Waals surface area contributed by atoms with Crippen molar-refractivity contribution in [3.8, 4) is 0 Å². The molecule has 0 saturated heterocycles. The van der Waals surface area contributed by atoms with Crippen molar-refractivity contribution in [3.05, 3.63) is 40.8 Å².